The summed E-state index contributed by atoms with van der Waals surface area (Å²) in [5, 5.41) is 11.9. The van der Waals surface area contributed by atoms with Gasteiger partial charge in [-0.1, -0.05) is 164 Å². The predicted octanol–water partition coefficient (Wildman–Crippen LogP) is 14.5. The highest BCUT2D eigenvalue weighted by molar-refractivity contribution is 6.25. The Labute approximate surface area is 356 Å². The summed E-state index contributed by atoms with van der Waals surface area (Å²) < 4.78 is 4.55. The maximum Gasteiger partial charge on any atom is 0.238 e. The minimum atomic E-state index is 0.566. The minimum absolute atomic E-state index is 0.566. The third-order valence-electron chi connectivity index (χ3n) is 12.6. The van der Waals surface area contributed by atoms with Crippen LogP contribution in [0.2, 0.25) is 0 Å². The van der Waals surface area contributed by atoms with Gasteiger partial charge in [0.05, 0.1) is 22.1 Å². The van der Waals surface area contributed by atoms with Gasteiger partial charge in [-0.25, -0.2) is 4.98 Å². The highest BCUT2D eigenvalue weighted by Gasteiger charge is 2.21. The second-order valence-electron chi connectivity index (χ2n) is 16.0. The van der Waals surface area contributed by atoms with Crippen molar-refractivity contribution < 1.29 is 0 Å². The first-order valence-electron chi connectivity index (χ1n) is 21.0. The van der Waals surface area contributed by atoms with E-state index in [1.54, 1.807) is 0 Å². The summed E-state index contributed by atoms with van der Waals surface area (Å²) in [6.45, 7) is 0. The molecule has 5 nitrogen and oxygen atoms in total. The molecule has 0 N–H and O–H groups in total. The van der Waals surface area contributed by atoms with Gasteiger partial charge in [0.1, 0.15) is 0 Å². The molecule has 0 radical (unpaired) electrons. The van der Waals surface area contributed by atoms with Crippen molar-refractivity contribution in [1.29, 1.82) is 0 Å². The lowest BCUT2D eigenvalue weighted by Gasteiger charge is -2.14. The van der Waals surface area contributed by atoms with Gasteiger partial charge in [0.2, 0.25) is 5.95 Å². The summed E-state index contributed by atoms with van der Waals surface area (Å²) in [5.74, 6) is 1.78. The maximum absolute atomic E-state index is 5.40. The lowest BCUT2D eigenvalue weighted by Crippen LogP contribution is -2.06. The predicted molar refractivity (Wildman–Crippen MR) is 257 cm³/mol. The zero-order valence-electron chi connectivity index (χ0n) is 33.4. The number of para-hydroxylation sites is 3. The van der Waals surface area contributed by atoms with Crippen molar-refractivity contribution in [2.45, 2.75) is 0 Å². The third kappa shape index (κ3) is 5.25. The van der Waals surface area contributed by atoms with E-state index in [1.165, 1.54) is 48.7 Å². The zero-order valence-corrected chi connectivity index (χ0v) is 33.4. The van der Waals surface area contributed by atoms with E-state index in [2.05, 4.69) is 221 Å². The number of nitrogens with zero attached hydrogens (tertiary/aromatic N) is 5. The topological polar surface area (TPSA) is 48.5 Å². The van der Waals surface area contributed by atoms with Crippen LogP contribution in [0, 0.1) is 0 Å². The van der Waals surface area contributed by atoms with E-state index >= 15 is 0 Å². The van der Waals surface area contributed by atoms with Crippen molar-refractivity contribution in [3.63, 3.8) is 0 Å². The van der Waals surface area contributed by atoms with Gasteiger partial charge >= 0.3 is 0 Å². The summed E-state index contributed by atoms with van der Waals surface area (Å²) in [6.07, 6.45) is 0. The molecular weight excluding hydrogens is 755 g/mol. The molecule has 13 aromatic rings. The molecule has 0 spiro atoms. The van der Waals surface area contributed by atoms with Gasteiger partial charge in [0.15, 0.2) is 11.6 Å². The lowest BCUT2D eigenvalue weighted by atomic mass is 9.93. The van der Waals surface area contributed by atoms with Crippen LogP contribution in [0.1, 0.15) is 0 Å². The van der Waals surface area contributed by atoms with Crippen LogP contribution in [-0.4, -0.2) is 24.1 Å². The Hall–Kier alpha value is -8.41. The summed E-state index contributed by atoms with van der Waals surface area (Å²) in [7, 11) is 0. The molecule has 10 aromatic carbocycles. The molecule has 0 unspecified atom stereocenters. The fourth-order valence-corrected chi connectivity index (χ4v) is 9.73. The van der Waals surface area contributed by atoms with E-state index in [0.717, 1.165) is 55.2 Å². The summed E-state index contributed by atoms with van der Waals surface area (Å²) in [6, 6.07) is 75.7. The maximum atomic E-state index is 5.40. The molecule has 3 heterocycles. The van der Waals surface area contributed by atoms with Crippen molar-refractivity contribution in [1.82, 2.24) is 24.1 Å². The van der Waals surface area contributed by atoms with Gasteiger partial charge in [-0.05, 0) is 92.0 Å². The molecule has 0 saturated carbocycles. The molecular formula is C57H35N5. The molecule has 0 atom stereocenters. The highest BCUT2D eigenvalue weighted by Crippen LogP contribution is 2.40. The van der Waals surface area contributed by atoms with Gasteiger partial charge in [0, 0.05) is 38.4 Å². The molecule has 0 amide bonds. The first kappa shape index (κ1) is 34.5. The van der Waals surface area contributed by atoms with Crippen LogP contribution in [-0.2, 0) is 0 Å². The number of hydrogen-bond acceptors (Lipinski definition) is 3. The van der Waals surface area contributed by atoms with Crippen molar-refractivity contribution >= 4 is 75.9 Å². The first-order chi connectivity index (χ1) is 30.7. The van der Waals surface area contributed by atoms with Gasteiger partial charge in [-0.2, -0.15) is 9.97 Å². The Bertz CT molecular complexity index is 3880. The number of rotatable bonds is 5. The normalized spacial score (nSPS) is 11.9. The fourth-order valence-electron chi connectivity index (χ4n) is 9.73. The average molecular weight is 790 g/mol. The molecule has 0 aliphatic heterocycles. The zero-order chi connectivity index (χ0) is 40.7. The Morgan fingerprint density at radius 2 is 0.677 bits per heavy atom. The van der Waals surface area contributed by atoms with Crippen LogP contribution < -0.4 is 0 Å². The van der Waals surface area contributed by atoms with Gasteiger partial charge in [0.25, 0.3) is 0 Å². The summed E-state index contributed by atoms with van der Waals surface area (Å²) >= 11 is 0. The van der Waals surface area contributed by atoms with Crippen LogP contribution in [0.15, 0.2) is 212 Å². The lowest BCUT2D eigenvalue weighted by molar-refractivity contribution is 0.954. The van der Waals surface area contributed by atoms with Gasteiger partial charge in [-0.15, -0.1) is 0 Å². The van der Waals surface area contributed by atoms with Gasteiger partial charge < -0.3 is 4.57 Å². The van der Waals surface area contributed by atoms with Crippen LogP contribution in [0.5, 0.6) is 0 Å². The molecule has 13 rings (SSSR count). The largest absolute Gasteiger partial charge is 0.309 e. The Balaban J connectivity index is 1.09. The average Bonchev–Trinajstić information content (AvgIpc) is 3.86. The summed E-state index contributed by atoms with van der Waals surface area (Å²) in [4.78, 5) is 16.2. The molecule has 5 heteroatoms. The fraction of sp³-hybridized carbons (Fsp3) is 0. The van der Waals surface area contributed by atoms with Crippen LogP contribution in [0.3, 0.4) is 0 Å². The molecule has 0 bridgehead atoms. The van der Waals surface area contributed by atoms with E-state index in [0.29, 0.717) is 17.6 Å². The molecule has 288 valence electrons. The van der Waals surface area contributed by atoms with Gasteiger partial charge in [-0.3, -0.25) is 4.57 Å². The molecule has 0 aliphatic carbocycles. The molecule has 62 heavy (non-hydrogen) atoms. The Morgan fingerprint density at radius 1 is 0.242 bits per heavy atom. The van der Waals surface area contributed by atoms with E-state index in [9.17, 15) is 0 Å². The second-order valence-corrected chi connectivity index (χ2v) is 16.0. The van der Waals surface area contributed by atoms with Crippen molar-refractivity contribution in [3.8, 4) is 45.5 Å². The van der Waals surface area contributed by atoms with E-state index < -0.39 is 0 Å². The number of benzene rings is 10. The van der Waals surface area contributed by atoms with Crippen molar-refractivity contribution in [2.75, 3.05) is 0 Å². The first-order valence-corrected chi connectivity index (χ1v) is 21.0. The van der Waals surface area contributed by atoms with E-state index in [1.807, 2.05) is 0 Å². The number of fused-ring (bicyclic) bond motifs is 12. The smallest absolute Gasteiger partial charge is 0.238 e. The minimum Gasteiger partial charge on any atom is -0.309 e. The van der Waals surface area contributed by atoms with E-state index in [4.69, 9.17) is 15.0 Å². The standard InChI is InChI=1S/C57H35N5/c1-3-15-36(16-4-1)37-29-32-53-50(33-37)47-24-12-14-26-52(47)62(53)57-59-55(38-27-30-45-43-21-8-7-19-41(43)42-20-9-10-22-44(42)49(45)34-38)58-56(60-57)39-28-31-48-46-23-11-13-25-51(46)61(54(48)35-39)40-17-5-2-6-18-40/h1-35H. The quantitative estimate of drug-likeness (QED) is 0.163. The highest BCUT2D eigenvalue weighted by atomic mass is 15.2. The Kier molecular flexibility index (Phi) is 7.54. The Morgan fingerprint density at radius 3 is 1.34 bits per heavy atom. The SMILES string of the molecule is c1ccc(-c2ccc3c(c2)c2ccccc2n3-c2nc(-c3ccc4c5ccccc5c5ccccc5c4c3)nc(-c3ccc4c5ccccc5n(-c5ccccc5)c4c3)n2)cc1. The van der Waals surface area contributed by atoms with Crippen molar-refractivity contribution in [3.05, 3.63) is 212 Å². The molecule has 0 aliphatic rings. The molecule has 0 fully saturated rings. The third-order valence-corrected chi connectivity index (χ3v) is 12.6. The number of hydrogen-bond donors (Lipinski definition) is 0. The second kappa shape index (κ2) is 13.6. The van der Waals surface area contributed by atoms with Crippen LogP contribution in [0.4, 0.5) is 0 Å². The molecule has 3 aromatic heterocycles. The summed E-state index contributed by atoms with van der Waals surface area (Å²) in [5.41, 5.74) is 9.58. The van der Waals surface area contributed by atoms with Crippen LogP contribution >= 0.6 is 0 Å². The van der Waals surface area contributed by atoms with E-state index in [-0.39, 0.29) is 0 Å². The molecule has 0 saturated heterocycles. The van der Waals surface area contributed by atoms with Crippen molar-refractivity contribution in [2.24, 2.45) is 0 Å². The van der Waals surface area contributed by atoms with Crippen LogP contribution in [0.25, 0.3) is 121 Å². The monoisotopic (exact) mass is 789 g/mol. The number of aromatic nitrogens is 5.